The standard InChI is InChI=1S/C13H12F4N2O/c1-7(2)10(6-18)19-12(20)8-4-3-5-9(11(8)14)13(15,16)17/h3-5,7,10H,1-2H3,(H,19,20). The van der Waals surface area contributed by atoms with Gasteiger partial charge < -0.3 is 5.32 Å². The summed E-state index contributed by atoms with van der Waals surface area (Å²) in [6.07, 6.45) is -4.88. The summed E-state index contributed by atoms with van der Waals surface area (Å²) >= 11 is 0. The molecule has 0 aromatic heterocycles. The number of benzene rings is 1. The van der Waals surface area contributed by atoms with Crippen LogP contribution in [0.1, 0.15) is 29.8 Å². The molecule has 0 aliphatic rings. The normalized spacial score (nSPS) is 12.9. The Balaban J connectivity index is 3.10. The average molecular weight is 288 g/mol. The summed E-state index contributed by atoms with van der Waals surface area (Å²) in [5, 5.41) is 11.0. The highest BCUT2D eigenvalue weighted by Gasteiger charge is 2.35. The Labute approximate surface area is 113 Å². The van der Waals surface area contributed by atoms with Crippen LogP contribution < -0.4 is 5.32 Å². The van der Waals surface area contributed by atoms with E-state index >= 15 is 0 Å². The molecule has 3 nitrogen and oxygen atoms in total. The van der Waals surface area contributed by atoms with Gasteiger partial charge in [-0.2, -0.15) is 18.4 Å². The summed E-state index contributed by atoms with van der Waals surface area (Å²) in [7, 11) is 0. The van der Waals surface area contributed by atoms with Crippen LogP contribution >= 0.6 is 0 Å². The van der Waals surface area contributed by atoms with E-state index < -0.39 is 35.1 Å². The molecule has 0 radical (unpaired) electrons. The molecule has 0 fully saturated rings. The first kappa shape index (κ1) is 16.0. The smallest absolute Gasteiger partial charge is 0.336 e. The number of carbonyl (C=O) groups excluding carboxylic acids is 1. The number of amides is 1. The number of halogens is 4. The third-order valence-electron chi connectivity index (χ3n) is 2.64. The molecule has 1 atom stereocenters. The van der Waals surface area contributed by atoms with Crippen LogP contribution in [0.3, 0.4) is 0 Å². The predicted molar refractivity (Wildman–Crippen MR) is 63.1 cm³/mol. The molecule has 1 aromatic rings. The number of rotatable bonds is 3. The lowest BCUT2D eigenvalue weighted by molar-refractivity contribution is -0.140. The maximum Gasteiger partial charge on any atom is 0.419 e. The third kappa shape index (κ3) is 3.47. The lowest BCUT2D eigenvalue weighted by Crippen LogP contribution is -2.38. The van der Waals surface area contributed by atoms with Gasteiger partial charge in [-0.05, 0) is 18.1 Å². The van der Waals surface area contributed by atoms with Crippen molar-refractivity contribution in [1.82, 2.24) is 5.32 Å². The Kier molecular flexibility index (Phi) is 4.71. The van der Waals surface area contributed by atoms with Crippen LogP contribution in [0.15, 0.2) is 18.2 Å². The van der Waals surface area contributed by atoms with E-state index in [0.717, 1.165) is 12.1 Å². The fourth-order valence-corrected chi connectivity index (χ4v) is 1.49. The van der Waals surface area contributed by atoms with Gasteiger partial charge in [0, 0.05) is 0 Å². The highest BCUT2D eigenvalue weighted by atomic mass is 19.4. The van der Waals surface area contributed by atoms with E-state index in [1.54, 1.807) is 19.9 Å². The molecule has 20 heavy (non-hydrogen) atoms. The Morgan fingerprint density at radius 2 is 1.95 bits per heavy atom. The van der Waals surface area contributed by atoms with E-state index in [1.807, 2.05) is 0 Å². The molecule has 1 amide bonds. The van der Waals surface area contributed by atoms with Gasteiger partial charge in [-0.15, -0.1) is 0 Å². The fourth-order valence-electron chi connectivity index (χ4n) is 1.49. The van der Waals surface area contributed by atoms with Crippen molar-refractivity contribution in [3.63, 3.8) is 0 Å². The monoisotopic (exact) mass is 288 g/mol. The highest BCUT2D eigenvalue weighted by molar-refractivity contribution is 5.95. The first-order chi connectivity index (χ1) is 9.18. The molecule has 1 rings (SSSR count). The molecular formula is C13H12F4N2O. The minimum absolute atomic E-state index is 0.252. The van der Waals surface area contributed by atoms with Gasteiger partial charge >= 0.3 is 6.18 Å². The van der Waals surface area contributed by atoms with Crippen molar-refractivity contribution in [2.75, 3.05) is 0 Å². The minimum Gasteiger partial charge on any atom is -0.336 e. The molecule has 0 bridgehead atoms. The lowest BCUT2D eigenvalue weighted by Gasteiger charge is -2.16. The maximum atomic E-state index is 13.7. The van der Waals surface area contributed by atoms with Gasteiger partial charge in [0.1, 0.15) is 11.9 Å². The summed E-state index contributed by atoms with van der Waals surface area (Å²) < 4.78 is 51.3. The number of alkyl halides is 3. The van der Waals surface area contributed by atoms with E-state index in [2.05, 4.69) is 5.32 Å². The number of hydrogen-bond donors (Lipinski definition) is 1. The summed E-state index contributed by atoms with van der Waals surface area (Å²) in [6, 6.07) is 3.32. The van der Waals surface area contributed by atoms with E-state index in [9.17, 15) is 22.4 Å². The van der Waals surface area contributed by atoms with Gasteiger partial charge in [0.25, 0.3) is 5.91 Å². The van der Waals surface area contributed by atoms with Crippen LogP contribution in [0.25, 0.3) is 0 Å². The molecule has 0 aliphatic carbocycles. The fraction of sp³-hybridized carbons (Fsp3) is 0.385. The SMILES string of the molecule is CC(C)C(C#N)NC(=O)c1cccc(C(F)(F)F)c1F. The lowest BCUT2D eigenvalue weighted by atomic mass is 10.0. The zero-order chi connectivity index (χ0) is 15.5. The maximum absolute atomic E-state index is 13.7. The molecule has 1 unspecified atom stereocenters. The third-order valence-corrected chi connectivity index (χ3v) is 2.64. The zero-order valence-corrected chi connectivity index (χ0v) is 10.8. The first-order valence-electron chi connectivity index (χ1n) is 5.74. The summed E-state index contributed by atoms with van der Waals surface area (Å²) in [5.74, 6) is -2.94. The number of nitrogens with one attached hydrogen (secondary N) is 1. The van der Waals surface area contributed by atoms with E-state index in [1.165, 1.54) is 0 Å². The van der Waals surface area contributed by atoms with Crippen LogP contribution in [-0.2, 0) is 6.18 Å². The quantitative estimate of drug-likeness (QED) is 0.869. The second-order valence-electron chi connectivity index (χ2n) is 4.49. The Hall–Kier alpha value is -2.10. The predicted octanol–water partition coefficient (Wildman–Crippen LogP) is 3.12. The molecular weight excluding hydrogens is 276 g/mol. The van der Waals surface area contributed by atoms with Crippen molar-refractivity contribution in [3.8, 4) is 6.07 Å². The average Bonchev–Trinajstić information content (AvgIpc) is 2.34. The van der Waals surface area contributed by atoms with Crippen LogP contribution in [0.4, 0.5) is 17.6 Å². The van der Waals surface area contributed by atoms with Crippen molar-refractivity contribution in [2.24, 2.45) is 5.92 Å². The number of nitrogens with zero attached hydrogens (tertiary/aromatic N) is 1. The van der Waals surface area contributed by atoms with Gasteiger partial charge in [0.15, 0.2) is 0 Å². The van der Waals surface area contributed by atoms with Crippen LogP contribution in [0, 0.1) is 23.1 Å². The molecule has 0 spiro atoms. The molecule has 0 heterocycles. The van der Waals surface area contributed by atoms with Gasteiger partial charge in [-0.25, -0.2) is 4.39 Å². The molecule has 1 N–H and O–H groups in total. The van der Waals surface area contributed by atoms with Crippen molar-refractivity contribution >= 4 is 5.91 Å². The largest absolute Gasteiger partial charge is 0.419 e. The van der Waals surface area contributed by atoms with Crippen LogP contribution in [-0.4, -0.2) is 11.9 Å². The van der Waals surface area contributed by atoms with Gasteiger partial charge in [0.05, 0.1) is 17.2 Å². The van der Waals surface area contributed by atoms with Crippen molar-refractivity contribution in [3.05, 3.63) is 35.1 Å². The van der Waals surface area contributed by atoms with Crippen LogP contribution in [0.2, 0.25) is 0 Å². The molecule has 108 valence electrons. The van der Waals surface area contributed by atoms with Crippen molar-refractivity contribution in [1.29, 1.82) is 5.26 Å². The Morgan fingerprint density at radius 1 is 1.35 bits per heavy atom. The van der Waals surface area contributed by atoms with E-state index in [4.69, 9.17) is 5.26 Å². The minimum atomic E-state index is -4.88. The van der Waals surface area contributed by atoms with E-state index in [0.29, 0.717) is 6.07 Å². The molecule has 0 saturated carbocycles. The van der Waals surface area contributed by atoms with Crippen LogP contribution in [0.5, 0.6) is 0 Å². The number of nitriles is 1. The Bertz CT molecular complexity index is 546. The van der Waals surface area contributed by atoms with E-state index in [-0.39, 0.29) is 5.92 Å². The number of hydrogen-bond acceptors (Lipinski definition) is 2. The van der Waals surface area contributed by atoms with Gasteiger partial charge in [-0.3, -0.25) is 4.79 Å². The van der Waals surface area contributed by atoms with Crippen molar-refractivity contribution < 1.29 is 22.4 Å². The van der Waals surface area contributed by atoms with Gasteiger partial charge in [-0.1, -0.05) is 19.9 Å². The summed E-state index contributed by atoms with van der Waals surface area (Å²) in [5.41, 5.74) is -2.25. The molecule has 0 saturated heterocycles. The highest BCUT2D eigenvalue weighted by Crippen LogP contribution is 2.32. The topological polar surface area (TPSA) is 52.9 Å². The second kappa shape index (κ2) is 5.90. The summed E-state index contributed by atoms with van der Waals surface area (Å²) in [6.45, 7) is 3.30. The molecule has 1 aromatic carbocycles. The molecule has 0 aliphatic heterocycles. The van der Waals surface area contributed by atoms with Crippen molar-refractivity contribution in [2.45, 2.75) is 26.1 Å². The Morgan fingerprint density at radius 3 is 2.40 bits per heavy atom. The number of carbonyl (C=O) groups is 1. The first-order valence-corrected chi connectivity index (χ1v) is 5.74. The van der Waals surface area contributed by atoms with Gasteiger partial charge in [0.2, 0.25) is 0 Å². The molecule has 7 heteroatoms. The zero-order valence-electron chi connectivity index (χ0n) is 10.8. The summed E-state index contributed by atoms with van der Waals surface area (Å²) in [4.78, 5) is 11.7. The second-order valence-corrected chi connectivity index (χ2v) is 4.49.